The molecule has 70 valence electrons. The van der Waals surface area contributed by atoms with Crippen molar-refractivity contribution in [1.82, 2.24) is 5.32 Å². The number of rotatable bonds is 1. The fourth-order valence-electron chi connectivity index (χ4n) is 1.86. The molecule has 1 aliphatic heterocycles. The number of nitrogens with one attached hydrogen (secondary N) is 1. The van der Waals surface area contributed by atoms with E-state index in [2.05, 4.69) is 12.2 Å². The van der Waals surface area contributed by atoms with Crippen LogP contribution in [0.1, 0.15) is 24.5 Å². The smallest absolute Gasteiger partial charge is 0.115 e. The van der Waals surface area contributed by atoms with Gasteiger partial charge in [-0.1, -0.05) is 13.0 Å². The molecule has 1 aliphatic rings. The first kappa shape index (κ1) is 8.57. The van der Waals surface area contributed by atoms with E-state index in [0.717, 1.165) is 13.0 Å². The van der Waals surface area contributed by atoms with E-state index in [9.17, 15) is 5.11 Å². The van der Waals surface area contributed by atoms with Gasteiger partial charge < -0.3 is 10.4 Å². The lowest BCUT2D eigenvalue weighted by atomic mass is 9.94. The van der Waals surface area contributed by atoms with Crippen molar-refractivity contribution in [2.75, 3.05) is 0 Å². The summed E-state index contributed by atoms with van der Waals surface area (Å²) in [5, 5.41) is 12.7. The number of benzene rings is 1. The lowest BCUT2D eigenvalue weighted by molar-refractivity contribution is 0.454. The van der Waals surface area contributed by atoms with Crippen LogP contribution in [0.15, 0.2) is 18.2 Å². The third-order valence-electron chi connectivity index (χ3n) is 2.73. The van der Waals surface area contributed by atoms with Crippen molar-refractivity contribution in [3.05, 3.63) is 29.3 Å². The minimum atomic E-state index is 0.371. The van der Waals surface area contributed by atoms with Gasteiger partial charge in [0.15, 0.2) is 0 Å². The zero-order valence-electron chi connectivity index (χ0n) is 7.88. The number of phenols is 1. The van der Waals surface area contributed by atoms with Crippen LogP contribution in [0.25, 0.3) is 0 Å². The van der Waals surface area contributed by atoms with Crippen molar-refractivity contribution >= 4 is 0 Å². The molecule has 0 aliphatic carbocycles. The average molecular weight is 177 g/mol. The number of phenolic OH excluding ortho intramolecular Hbond substituents is 1. The molecule has 0 amide bonds. The summed E-state index contributed by atoms with van der Waals surface area (Å²) in [5.41, 5.74) is 2.62. The van der Waals surface area contributed by atoms with Gasteiger partial charge in [-0.05, 0) is 36.1 Å². The van der Waals surface area contributed by atoms with Crippen LogP contribution in [0.3, 0.4) is 0 Å². The van der Waals surface area contributed by atoms with Crippen LogP contribution >= 0.6 is 0 Å². The molecule has 0 spiro atoms. The Bertz CT molecular complexity index is 309. The maximum atomic E-state index is 9.28. The first-order valence-corrected chi connectivity index (χ1v) is 4.83. The Hall–Kier alpha value is -1.02. The molecule has 1 aromatic rings. The van der Waals surface area contributed by atoms with Crippen molar-refractivity contribution in [2.24, 2.45) is 0 Å². The third-order valence-corrected chi connectivity index (χ3v) is 2.73. The molecule has 1 aromatic carbocycles. The molecule has 0 bridgehead atoms. The Balaban J connectivity index is 2.26. The van der Waals surface area contributed by atoms with Crippen LogP contribution in [0.4, 0.5) is 0 Å². The van der Waals surface area contributed by atoms with Gasteiger partial charge in [0.2, 0.25) is 0 Å². The monoisotopic (exact) mass is 177 g/mol. The van der Waals surface area contributed by atoms with E-state index < -0.39 is 0 Å². The summed E-state index contributed by atoms with van der Waals surface area (Å²) < 4.78 is 0. The highest BCUT2D eigenvalue weighted by molar-refractivity contribution is 5.36. The quantitative estimate of drug-likeness (QED) is 0.685. The number of aromatic hydroxyl groups is 1. The van der Waals surface area contributed by atoms with Gasteiger partial charge in [-0.15, -0.1) is 0 Å². The van der Waals surface area contributed by atoms with E-state index in [1.54, 1.807) is 6.07 Å². The van der Waals surface area contributed by atoms with Gasteiger partial charge in [-0.2, -0.15) is 0 Å². The number of hydrogen-bond acceptors (Lipinski definition) is 2. The first-order valence-electron chi connectivity index (χ1n) is 4.83. The molecule has 1 atom stereocenters. The molecule has 2 heteroatoms. The van der Waals surface area contributed by atoms with E-state index in [1.807, 2.05) is 12.1 Å². The largest absolute Gasteiger partial charge is 0.508 e. The van der Waals surface area contributed by atoms with Crippen LogP contribution in [-0.2, 0) is 13.0 Å². The topological polar surface area (TPSA) is 32.3 Å². The van der Waals surface area contributed by atoms with Crippen LogP contribution in [-0.4, -0.2) is 11.1 Å². The van der Waals surface area contributed by atoms with E-state index in [4.69, 9.17) is 0 Å². The molecule has 2 N–H and O–H groups in total. The van der Waals surface area contributed by atoms with Crippen LogP contribution < -0.4 is 5.32 Å². The lowest BCUT2D eigenvalue weighted by Gasteiger charge is -2.25. The van der Waals surface area contributed by atoms with Crippen LogP contribution in [0.2, 0.25) is 0 Å². The van der Waals surface area contributed by atoms with Crippen LogP contribution in [0, 0.1) is 0 Å². The van der Waals surface area contributed by atoms with Crippen molar-refractivity contribution in [3.8, 4) is 5.75 Å². The summed E-state index contributed by atoms with van der Waals surface area (Å²) in [7, 11) is 0. The minimum absolute atomic E-state index is 0.371. The molecule has 0 saturated heterocycles. The maximum Gasteiger partial charge on any atom is 0.115 e. The van der Waals surface area contributed by atoms with Crippen molar-refractivity contribution in [1.29, 1.82) is 0 Å². The van der Waals surface area contributed by atoms with E-state index in [-0.39, 0.29) is 0 Å². The van der Waals surface area contributed by atoms with Gasteiger partial charge in [-0.3, -0.25) is 0 Å². The normalized spacial score (nSPS) is 21.2. The molecule has 13 heavy (non-hydrogen) atoms. The average Bonchev–Trinajstić information content (AvgIpc) is 2.17. The molecule has 0 fully saturated rings. The third kappa shape index (κ3) is 1.68. The zero-order chi connectivity index (χ0) is 9.26. The molecule has 0 radical (unpaired) electrons. The SMILES string of the molecule is CCC1Cc2ccc(O)cc2CN1. The summed E-state index contributed by atoms with van der Waals surface area (Å²) in [6, 6.07) is 6.27. The van der Waals surface area contributed by atoms with Gasteiger partial charge in [0.05, 0.1) is 0 Å². The Morgan fingerprint density at radius 3 is 3.08 bits per heavy atom. The molecule has 1 unspecified atom stereocenters. The second kappa shape index (κ2) is 3.38. The predicted octanol–water partition coefficient (Wildman–Crippen LogP) is 1.82. The Morgan fingerprint density at radius 1 is 1.46 bits per heavy atom. The van der Waals surface area contributed by atoms with Crippen molar-refractivity contribution in [2.45, 2.75) is 32.4 Å². The molecular formula is C11H15NO. The second-order valence-electron chi connectivity index (χ2n) is 3.64. The fourth-order valence-corrected chi connectivity index (χ4v) is 1.86. The zero-order valence-corrected chi connectivity index (χ0v) is 7.88. The van der Waals surface area contributed by atoms with Crippen LogP contribution in [0.5, 0.6) is 5.75 Å². The summed E-state index contributed by atoms with van der Waals surface area (Å²) in [6.07, 6.45) is 2.26. The summed E-state index contributed by atoms with van der Waals surface area (Å²) in [6.45, 7) is 3.09. The fraction of sp³-hybridized carbons (Fsp3) is 0.455. The Kier molecular flexibility index (Phi) is 2.23. The maximum absolute atomic E-state index is 9.28. The van der Waals surface area contributed by atoms with E-state index in [0.29, 0.717) is 11.8 Å². The van der Waals surface area contributed by atoms with E-state index in [1.165, 1.54) is 17.5 Å². The van der Waals surface area contributed by atoms with E-state index >= 15 is 0 Å². The predicted molar refractivity (Wildman–Crippen MR) is 52.7 cm³/mol. The highest BCUT2D eigenvalue weighted by Crippen LogP contribution is 2.22. The molecule has 0 saturated carbocycles. The summed E-state index contributed by atoms with van der Waals surface area (Å²) >= 11 is 0. The standard InChI is InChI=1S/C11H15NO/c1-2-10-5-8-3-4-11(13)6-9(8)7-12-10/h3-4,6,10,12-13H,2,5,7H2,1H3. The number of hydrogen-bond donors (Lipinski definition) is 2. The molecule has 1 heterocycles. The summed E-state index contributed by atoms with van der Waals surface area (Å²) in [5.74, 6) is 0.371. The van der Waals surface area contributed by atoms with Gasteiger partial charge in [0.1, 0.15) is 5.75 Å². The highest BCUT2D eigenvalue weighted by atomic mass is 16.3. The highest BCUT2D eigenvalue weighted by Gasteiger charge is 2.15. The summed E-state index contributed by atoms with van der Waals surface area (Å²) in [4.78, 5) is 0. The first-order chi connectivity index (χ1) is 6.29. The van der Waals surface area contributed by atoms with Gasteiger partial charge in [0, 0.05) is 12.6 Å². The molecular weight excluding hydrogens is 162 g/mol. The van der Waals surface area contributed by atoms with Gasteiger partial charge in [-0.25, -0.2) is 0 Å². The Labute approximate surface area is 78.6 Å². The molecule has 0 aromatic heterocycles. The Morgan fingerprint density at radius 2 is 2.31 bits per heavy atom. The van der Waals surface area contributed by atoms with Crippen molar-refractivity contribution < 1.29 is 5.11 Å². The van der Waals surface area contributed by atoms with Crippen molar-refractivity contribution in [3.63, 3.8) is 0 Å². The van der Waals surface area contributed by atoms with Gasteiger partial charge >= 0.3 is 0 Å². The molecule has 2 nitrogen and oxygen atoms in total. The lowest BCUT2D eigenvalue weighted by Crippen LogP contribution is -2.34. The number of fused-ring (bicyclic) bond motifs is 1. The minimum Gasteiger partial charge on any atom is -0.508 e. The van der Waals surface area contributed by atoms with Gasteiger partial charge in [0.25, 0.3) is 0 Å². The molecule has 2 rings (SSSR count). The second-order valence-corrected chi connectivity index (χ2v) is 3.64.